The summed E-state index contributed by atoms with van der Waals surface area (Å²) in [5.74, 6) is -1.42. The van der Waals surface area contributed by atoms with Gasteiger partial charge in [0, 0.05) is 21.3 Å². The van der Waals surface area contributed by atoms with Crippen molar-refractivity contribution in [2.45, 2.75) is 60.2 Å². The van der Waals surface area contributed by atoms with Crippen molar-refractivity contribution in [3.05, 3.63) is 57.0 Å². The van der Waals surface area contributed by atoms with Crippen molar-refractivity contribution in [3.63, 3.8) is 0 Å². The van der Waals surface area contributed by atoms with E-state index in [0.29, 0.717) is 5.69 Å². The van der Waals surface area contributed by atoms with E-state index in [1.165, 1.54) is 12.3 Å². The summed E-state index contributed by atoms with van der Waals surface area (Å²) >= 11 is 6.39. The van der Waals surface area contributed by atoms with Gasteiger partial charge < -0.3 is 14.9 Å². The molecule has 0 aliphatic heterocycles. The third-order valence-electron chi connectivity index (χ3n) is 2.27. The molecular formula is C21H30Br2N2O5. The lowest BCUT2D eigenvalue weighted by molar-refractivity contribution is 0.00624. The molecule has 0 aliphatic carbocycles. The second-order valence-corrected chi connectivity index (χ2v) is 9.53. The topological polar surface area (TPSA) is 110 Å². The smallest absolute Gasteiger partial charge is 0.357 e. The highest BCUT2D eigenvalue weighted by Crippen LogP contribution is 2.14. The molecule has 0 atom stereocenters. The Kier molecular flexibility index (Phi) is 13.6. The monoisotopic (exact) mass is 548 g/mol. The average molecular weight is 550 g/mol. The van der Waals surface area contributed by atoms with Gasteiger partial charge in [-0.15, -0.1) is 0 Å². The minimum atomic E-state index is -1.01. The van der Waals surface area contributed by atoms with Gasteiger partial charge in [0.2, 0.25) is 0 Å². The zero-order valence-corrected chi connectivity index (χ0v) is 20.4. The van der Waals surface area contributed by atoms with Gasteiger partial charge in [-0.25, -0.2) is 19.6 Å². The van der Waals surface area contributed by atoms with Crippen LogP contribution >= 0.6 is 31.9 Å². The van der Waals surface area contributed by atoms with Gasteiger partial charge in [0.05, 0.1) is 5.60 Å². The molecule has 168 valence electrons. The first-order chi connectivity index (χ1) is 13.1. The Balaban J connectivity index is 0. The number of carboxylic acid groups (broad SMARTS) is 1. The molecule has 0 radical (unpaired) electrons. The maximum atomic E-state index is 11.5. The van der Waals surface area contributed by atoms with Crippen LogP contribution in [0.1, 0.15) is 69.9 Å². The van der Waals surface area contributed by atoms with Gasteiger partial charge in [0.15, 0.2) is 0 Å². The van der Waals surface area contributed by atoms with E-state index >= 15 is 0 Å². The number of hydrogen-bond donors (Lipinski definition) is 2. The highest BCUT2D eigenvalue weighted by Gasteiger charge is 2.18. The average Bonchev–Trinajstić information content (AvgIpc) is 2.52. The Morgan fingerprint density at radius 2 is 1.27 bits per heavy atom. The fourth-order valence-corrected chi connectivity index (χ4v) is 2.04. The van der Waals surface area contributed by atoms with Gasteiger partial charge >= 0.3 is 11.9 Å². The van der Waals surface area contributed by atoms with Crippen LogP contribution in [0.25, 0.3) is 0 Å². The minimum Gasteiger partial charge on any atom is -0.477 e. The van der Waals surface area contributed by atoms with E-state index in [1.54, 1.807) is 45.2 Å². The van der Waals surface area contributed by atoms with Crippen LogP contribution < -0.4 is 0 Å². The number of nitrogens with zero attached hydrogens (tertiary/aromatic N) is 2. The molecule has 2 aromatic rings. The number of ether oxygens (including phenoxy) is 1. The van der Waals surface area contributed by atoms with E-state index in [-0.39, 0.29) is 13.1 Å². The number of aromatic nitrogens is 2. The largest absolute Gasteiger partial charge is 0.477 e. The molecule has 0 spiro atoms. The van der Waals surface area contributed by atoms with Gasteiger partial charge in [-0.1, -0.05) is 39.3 Å². The molecule has 0 fully saturated rings. The summed E-state index contributed by atoms with van der Waals surface area (Å²) in [7, 11) is 0. The highest BCUT2D eigenvalue weighted by molar-refractivity contribution is 9.10. The van der Waals surface area contributed by atoms with Crippen molar-refractivity contribution in [1.29, 1.82) is 0 Å². The molecular weight excluding hydrogens is 520 g/mol. The van der Waals surface area contributed by atoms with Crippen molar-refractivity contribution < 1.29 is 24.5 Å². The molecule has 30 heavy (non-hydrogen) atoms. The number of pyridine rings is 2. The van der Waals surface area contributed by atoms with Crippen LogP contribution in [0.5, 0.6) is 0 Å². The van der Waals surface area contributed by atoms with Gasteiger partial charge in [-0.2, -0.15) is 0 Å². The molecule has 9 heteroatoms. The summed E-state index contributed by atoms with van der Waals surface area (Å²) in [5, 5.41) is 16.9. The molecule has 0 saturated carbocycles. The van der Waals surface area contributed by atoms with Crippen LogP contribution in [-0.4, -0.2) is 43.3 Å². The van der Waals surface area contributed by atoms with Crippen molar-refractivity contribution in [2.24, 2.45) is 0 Å². The minimum absolute atomic E-state index is 0. The first-order valence-electron chi connectivity index (χ1n) is 8.50. The molecule has 2 aromatic heterocycles. The Morgan fingerprint density at radius 1 is 0.900 bits per heavy atom. The zero-order valence-electron chi connectivity index (χ0n) is 17.2. The molecule has 0 saturated heterocycles. The maximum Gasteiger partial charge on any atom is 0.357 e. The molecule has 0 amide bonds. The number of rotatable bonds is 2. The Labute approximate surface area is 195 Å². The predicted octanol–water partition coefficient (Wildman–Crippen LogP) is 5.76. The number of carbonyl (C=O) groups excluding carboxylic acids is 1. The molecule has 0 bridgehead atoms. The number of esters is 1. The Bertz CT molecular complexity index is 810. The summed E-state index contributed by atoms with van der Waals surface area (Å²) in [5.41, 5.74) is -0.621. The van der Waals surface area contributed by atoms with E-state index in [9.17, 15) is 9.59 Å². The van der Waals surface area contributed by atoms with Crippen LogP contribution in [0.2, 0.25) is 0 Å². The fourth-order valence-electron chi connectivity index (χ4n) is 1.37. The summed E-state index contributed by atoms with van der Waals surface area (Å²) in [6, 6.07) is 6.51. The quantitative estimate of drug-likeness (QED) is 0.458. The highest BCUT2D eigenvalue weighted by atomic mass is 79.9. The van der Waals surface area contributed by atoms with Crippen molar-refractivity contribution >= 4 is 43.8 Å². The van der Waals surface area contributed by atoms with E-state index in [2.05, 4.69) is 41.8 Å². The number of halogens is 2. The first kappa shape index (κ1) is 30.4. The van der Waals surface area contributed by atoms with E-state index in [0.717, 1.165) is 8.95 Å². The summed E-state index contributed by atoms with van der Waals surface area (Å²) in [4.78, 5) is 29.3. The van der Waals surface area contributed by atoms with Crippen LogP contribution in [0.15, 0.2) is 45.6 Å². The van der Waals surface area contributed by atoms with E-state index in [1.807, 2.05) is 20.8 Å². The Hall–Kier alpha value is -1.84. The second kappa shape index (κ2) is 13.5. The molecule has 0 unspecified atom stereocenters. The van der Waals surface area contributed by atoms with Gasteiger partial charge in [-0.05, 0) is 65.8 Å². The molecule has 2 N–H and O–H groups in total. The van der Waals surface area contributed by atoms with Gasteiger partial charge in [0.25, 0.3) is 0 Å². The van der Waals surface area contributed by atoms with Crippen molar-refractivity contribution in [2.75, 3.05) is 0 Å². The lowest BCUT2D eigenvalue weighted by Gasteiger charge is -2.18. The number of aliphatic hydroxyl groups is 1. The standard InChI is InChI=1S/C10H12BrNO2.C6H4BrNO2.C4H10O.CH4/c1-10(2,3)14-9(13)8-6-7(11)4-5-12-8;7-4-1-2-8-5(3-4)6(9)10;1-4(2,3)5;/h4-6H,1-3H3;1-3H,(H,9,10);5H,1-3H3;1H4. The fraction of sp³-hybridized carbons (Fsp3) is 0.429. The zero-order chi connectivity index (χ0) is 22.8. The van der Waals surface area contributed by atoms with Crippen LogP contribution in [0.4, 0.5) is 0 Å². The van der Waals surface area contributed by atoms with Gasteiger partial charge in [-0.3, -0.25) is 0 Å². The van der Waals surface area contributed by atoms with Crippen molar-refractivity contribution in [1.82, 2.24) is 9.97 Å². The van der Waals surface area contributed by atoms with Crippen LogP contribution in [-0.2, 0) is 4.74 Å². The SMILES string of the molecule is C.CC(C)(C)O.CC(C)(C)OC(=O)c1cc(Br)ccn1.O=C(O)c1cc(Br)ccn1. The second-order valence-electron chi connectivity index (χ2n) is 7.70. The summed E-state index contributed by atoms with van der Waals surface area (Å²) in [6.45, 7) is 10.7. The molecule has 7 nitrogen and oxygen atoms in total. The van der Waals surface area contributed by atoms with Crippen molar-refractivity contribution in [3.8, 4) is 0 Å². The molecule has 2 rings (SSSR count). The lowest BCUT2D eigenvalue weighted by atomic mass is 10.2. The number of carbonyl (C=O) groups is 2. The number of aromatic carboxylic acids is 1. The summed E-state index contributed by atoms with van der Waals surface area (Å²) in [6.07, 6.45) is 3.00. The van der Waals surface area contributed by atoms with Gasteiger partial charge in [0.1, 0.15) is 17.0 Å². The molecule has 0 aliphatic rings. The molecule has 2 heterocycles. The van der Waals surface area contributed by atoms with E-state index < -0.39 is 23.1 Å². The van der Waals surface area contributed by atoms with E-state index in [4.69, 9.17) is 14.9 Å². The van der Waals surface area contributed by atoms with Crippen LogP contribution in [0, 0.1) is 0 Å². The lowest BCUT2D eigenvalue weighted by Crippen LogP contribution is -2.24. The normalized spacial score (nSPS) is 10.3. The van der Waals surface area contributed by atoms with Crippen LogP contribution in [0.3, 0.4) is 0 Å². The third-order valence-corrected chi connectivity index (χ3v) is 3.26. The first-order valence-corrected chi connectivity index (χ1v) is 10.1. The number of hydrogen-bond acceptors (Lipinski definition) is 6. The predicted molar refractivity (Wildman–Crippen MR) is 125 cm³/mol. The summed E-state index contributed by atoms with van der Waals surface area (Å²) < 4.78 is 6.69. The third kappa shape index (κ3) is 17.1. The Morgan fingerprint density at radius 3 is 1.57 bits per heavy atom. The maximum absolute atomic E-state index is 11.5. The number of carboxylic acids is 1. The molecule has 0 aromatic carbocycles.